The van der Waals surface area contributed by atoms with Gasteiger partial charge in [-0.25, -0.2) is 4.99 Å². The van der Waals surface area contributed by atoms with Crippen LogP contribution < -0.4 is 15.4 Å². The Balaban J connectivity index is 1.51. The molecule has 2 N–H and O–H groups in total. The summed E-state index contributed by atoms with van der Waals surface area (Å²) in [6.07, 6.45) is 2.84. The predicted octanol–water partition coefficient (Wildman–Crippen LogP) is 2.92. The van der Waals surface area contributed by atoms with Crippen LogP contribution in [0.5, 0.6) is 5.75 Å². The monoisotopic (exact) mass is 394 g/mol. The van der Waals surface area contributed by atoms with E-state index in [1.807, 2.05) is 6.07 Å². The first-order chi connectivity index (χ1) is 14.1. The molecule has 154 valence electrons. The van der Waals surface area contributed by atoms with Crippen LogP contribution in [0.15, 0.2) is 41.4 Å². The van der Waals surface area contributed by atoms with Crippen molar-refractivity contribution in [2.45, 2.75) is 32.7 Å². The SMILES string of the molecule is CCNC(=NCc1ccc2cc(OC)ccc2c1)N1CCCC2(CNC(=O)C2)C1. The van der Waals surface area contributed by atoms with Gasteiger partial charge >= 0.3 is 0 Å². The van der Waals surface area contributed by atoms with Crippen LogP contribution >= 0.6 is 0 Å². The number of hydrogen-bond acceptors (Lipinski definition) is 3. The number of likely N-dealkylation sites (tertiary alicyclic amines) is 1. The number of aliphatic imine (C=N–C) groups is 1. The van der Waals surface area contributed by atoms with Gasteiger partial charge in [-0.2, -0.15) is 0 Å². The van der Waals surface area contributed by atoms with Crippen molar-refractivity contribution in [2.75, 3.05) is 33.3 Å². The average Bonchev–Trinajstić information content (AvgIpc) is 3.09. The highest BCUT2D eigenvalue weighted by Gasteiger charge is 2.42. The molecule has 6 nitrogen and oxygen atoms in total. The van der Waals surface area contributed by atoms with Crippen LogP contribution in [0.4, 0.5) is 0 Å². The number of nitrogens with one attached hydrogen (secondary N) is 2. The number of ether oxygens (including phenoxy) is 1. The highest BCUT2D eigenvalue weighted by atomic mass is 16.5. The van der Waals surface area contributed by atoms with Crippen molar-refractivity contribution in [3.63, 3.8) is 0 Å². The van der Waals surface area contributed by atoms with Gasteiger partial charge in [0.15, 0.2) is 5.96 Å². The molecule has 2 aliphatic rings. The molecule has 2 aromatic carbocycles. The summed E-state index contributed by atoms with van der Waals surface area (Å²) < 4.78 is 5.31. The van der Waals surface area contributed by atoms with Crippen molar-refractivity contribution in [3.8, 4) is 5.75 Å². The number of rotatable bonds is 4. The standard InChI is InChI=1S/C23H30N4O2/c1-3-24-22(27-10-4-9-23(16-27)13-21(28)26-15-23)25-14-17-5-6-19-12-20(29-2)8-7-18(19)11-17/h5-8,11-12H,3-4,9-10,13-16H2,1-2H3,(H,24,25)(H,26,28). The molecular formula is C23H30N4O2. The van der Waals surface area contributed by atoms with Gasteiger partial charge in [-0.3, -0.25) is 4.79 Å². The second-order valence-electron chi connectivity index (χ2n) is 8.20. The van der Waals surface area contributed by atoms with E-state index in [0.717, 1.165) is 50.7 Å². The number of hydrogen-bond donors (Lipinski definition) is 2. The Hall–Kier alpha value is -2.76. The van der Waals surface area contributed by atoms with E-state index in [9.17, 15) is 4.79 Å². The lowest BCUT2D eigenvalue weighted by Gasteiger charge is -2.40. The third-order valence-electron chi connectivity index (χ3n) is 6.02. The summed E-state index contributed by atoms with van der Waals surface area (Å²) >= 11 is 0. The van der Waals surface area contributed by atoms with E-state index < -0.39 is 0 Å². The molecule has 0 saturated carbocycles. The summed E-state index contributed by atoms with van der Waals surface area (Å²) in [6, 6.07) is 12.6. The van der Waals surface area contributed by atoms with E-state index >= 15 is 0 Å². The molecule has 1 unspecified atom stereocenters. The molecule has 1 spiro atoms. The normalized spacial score (nSPS) is 22.2. The number of carbonyl (C=O) groups is 1. The Kier molecular flexibility index (Phi) is 5.60. The minimum absolute atomic E-state index is 0.0630. The zero-order valence-corrected chi connectivity index (χ0v) is 17.3. The second-order valence-corrected chi connectivity index (χ2v) is 8.20. The summed E-state index contributed by atoms with van der Waals surface area (Å²) in [5, 5.41) is 8.82. The summed E-state index contributed by atoms with van der Waals surface area (Å²) in [5.41, 5.74) is 1.25. The minimum atomic E-state index is 0.0630. The maximum Gasteiger partial charge on any atom is 0.220 e. The van der Waals surface area contributed by atoms with Gasteiger partial charge in [0.05, 0.1) is 13.7 Å². The van der Waals surface area contributed by atoms with Gasteiger partial charge in [-0.15, -0.1) is 0 Å². The van der Waals surface area contributed by atoms with Crippen molar-refractivity contribution >= 4 is 22.6 Å². The maximum absolute atomic E-state index is 11.8. The average molecular weight is 395 g/mol. The number of carbonyl (C=O) groups excluding carboxylic acids is 1. The smallest absolute Gasteiger partial charge is 0.220 e. The van der Waals surface area contributed by atoms with Gasteiger partial charge < -0.3 is 20.3 Å². The van der Waals surface area contributed by atoms with Gasteiger partial charge in [0.1, 0.15) is 5.75 Å². The molecule has 0 radical (unpaired) electrons. The van der Waals surface area contributed by atoms with E-state index in [2.05, 4.69) is 52.8 Å². The first kappa shape index (κ1) is 19.6. The molecule has 0 bridgehead atoms. The Morgan fingerprint density at radius 2 is 2.10 bits per heavy atom. The summed E-state index contributed by atoms with van der Waals surface area (Å²) in [5.74, 6) is 2.00. The molecule has 6 heteroatoms. The van der Waals surface area contributed by atoms with Crippen LogP contribution in [-0.2, 0) is 11.3 Å². The number of guanidine groups is 1. The number of amides is 1. The Labute approximate surface area is 172 Å². The molecule has 1 atom stereocenters. The largest absolute Gasteiger partial charge is 0.497 e. The second kappa shape index (κ2) is 8.31. The van der Waals surface area contributed by atoms with Crippen LogP contribution in [0, 0.1) is 5.41 Å². The fourth-order valence-electron chi connectivity index (χ4n) is 4.52. The van der Waals surface area contributed by atoms with E-state index in [1.165, 1.54) is 16.3 Å². The number of methoxy groups -OCH3 is 1. The fourth-order valence-corrected chi connectivity index (χ4v) is 4.52. The van der Waals surface area contributed by atoms with Crippen molar-refractivity contribution in [1.29, 1.82) is 0 Å². The number of nitrogens with zero attached hydrogens (tertiary/aromatic N) is 2. The fraction of sp³-hybridized carbons (Fsp3) is 0.478. The lowest BCUT2D eigenvalue weighted by atomic mass is 9.79. The van der Waals surface area contributed by atoms with E-state index in [4.69, 9.17) is 9.73 Å². The van der Waals surface area contributed by atoms with E-state index in [1.54, 1.807) is 7.11 Å². The first-order valence-electron chi connectivity index (χ1n) is 10.5. The molecule has 1 amide bonds. The van der Waals surface area contributed by atoms with Crippen LogP contribution in [-0.4, -0.2) is 50.1 Å². The highest BCUT2D eigenvalue weighted by Crippen LogP contribution is 2.36. The van der Waals surface area contributed by atoms with Crippen molar-refractivity contribution in [1.82, 2.24) is 15.5 Å². The van der Waals surface area contributed by atoms with Gasteiger partial charge in [-0.05, 0) is 54.3 Å². The molecule has 2 aromatic rings. The third-order valence-corrected chi connectivity index (χ3v) is 6.02. The molecule has 2 fully saturated rings. The highest BCUT2D eigenvalue weighted by molar-refractivity contribution is 5.85. The number of fused-ring (bicyclic) bond motifs is 1. The topological polar surface area (TPSA) is 66.0 Å². The molecule has 0 aliphatic carbocycles. The minimum Gasteiger partial charge on any atom is -0.497 e. The lowest BCUT2D eigenvalue weighted by Crippen LogP contribution is -2.51. The molecule has 0 aromatic heterocycles. The van der Waals surface area contributed by atoms with Crippen LogP contribution in [0.1, 0.15) is 31.7 Å². The molecule has 4 rings (SSSR count). The van der Waals surface area contributed by atoms with Crippen LogP contribution in [0.2, 0.25) is 0 Å². The third kappa shape index (κ3) is 4.31. The number of piperidine rings is 1. The Morgan fingerprint density at radius 3 is 2.86 bits per heavy atom. The zero-order chi connectivity index (χ0) is 20.3. The molecular weight excluding hydrogens is 364 g/mol. The number of benzene rings is 2. The molecule has 2 aliphatic heterocycles. The van der Waals surface area contributed by atoms with Crippen molar-refractivity contribution in [3.05, 3.63) is 42.0 Å². The predicted molar refractivity (Wildman–Crippen MR) is 116 cm³/mol. The summed E-state index contributed by atoms with van der Waals surface area (Å²) in [6.45, 7) is 6.21. The van der Waals surface area contributed by atoms with Gasteiger partial charge in [0.25, 0.3) is 0 Å². The van der Waals surface area contributed by atoms with Crippen LogP contribution in [0.3, 0.4) is 0 Å². The maximum atomic E-state index is 11.8. The van der Waals surface area contributed by atoms with Crippen molar-refractivity contribution < 1.29 is 9.53 Å². The first-order valence-corrected chi connectivity index (χ1v) is 10.5. The molecule has 2 heterocycles. The van der Waals surface area contributed by atoms with Gasteiger partial charge in [0, 0.05) is 38.0 Å². The Morgan fingerprint density at radius 1 is 1.28 bits per heavy atom. The molecule has 2 saturated heterocycles. The van der Waals surface area contributed by atoms with E-state index in [0.29, 0.717) is 13.0 Å². The van der Waals surface area contributed by atoms with Gasteiger partial charge in [0.2, 0.25) is 5.91 Å². The van der Waals surface area contributed by atoms with Crippen LogP contribution in [0.25, 0.3) is 10.8 Å². The lowest BCUT2D eigenvalue weighted by molar-refractivity contribution is -0.119. The summed E-state index contributed by atoms with van der Waals surface area (Å²) in [7, 11) is 1.69. The quantitative estimate of drug-likeness (QED) is 0.618. The van der Waals surface area contributed by atoms with Crippen molar-refractivity contribution in [2.24, 2.45) is 10.4 Å². The molecule has 29 heavy (non-hydrogen) atoms. The van der Waals surface area contributed by atoms with E-state index in [-0.39, 0.29) is 11.3 Å². The van der Waals surface area contributed by atoms with Gasteiger partial charge in [-0.1, -0.05) is 18.2 Å². The summed E-state index contributed by atoms with van der Waals surface area (Å²) in [4.78, 5) is 19.0. The zero-order valence-electron chi connectivity index (χ0n) is 17.3. The Bertz CT molecular complexity index is 926.